The lowest BCUT2D eigenvalue weighted by molar-refractivity contribution is 0.0864. The van der Waals surface area contributed by atoms with Crippen LogP contribution in [0.3, 0.4) is 0 Å². The van der Waals surface area contributed by atoms with Crippen LogP contribution in [0.4, 0.5) is 4.79 Å². The quantitative estimate of drug-likeness (QED) is 0.638. The first-order valence-electron chi connectivity index (χ1n) is 10.5. The van der Waals surface area contributed by atoms with E-state index in [1.807, 2.05) is 12.1 Å². The van der Waals surface area contributed by atoms with E-state index in [-0.39, 0.29) is 12.0 Å². The summed E-state index contributed by atoms with van der Waals surface area (Å²) in [6.07, 6.45) is 2.16. The molecule has 2 saturated heterocycles. The molecule has 1 N–H and O–H groups in total. The van der Waals surface area contributed by atoms with Crippen LogP contribution in [0.15, 0.2) is 24.5 Å². The largest absolute Gasteiger partial charge is 0.474 e. The third kappa shape index (κ3) is 6.11. The molecule has 2 aliphatic heterocycles. The molecule has 0 atom stereocenters. The van der Waals surface area contributed by atoms with E-state index in [0.29, 0.717) is 73.7 Å². The predicted octanol–water partition coefficient (Wildman–Crippen LogP) is 3.54. The Morgan fingerprint density at radius 2 is 1.94 bits per heavy atom. The maximum Gasteiger partial charge on any atom is 0.407 e. The molecule has 1 aromatic heterocycles. The van der Waals surface area contributed by atoms with Gasteiger partial charge in [0.05, 0.1) is 23.8 Å². The Labute approximate surface area is 198 Å². The van der Waals surface area contributed by atoms with Crippen LogP contribution in [0.1, 0.15) is 24.0 Å². The molecule has 10 nitrogen and oxygen atoms in total. The van der Waals surface area contributed by atoms with Gasteiger partial charge in [0.2, 0.25) is 11.8 Å². The number of halogens is 1. The van der Waals surface area contributed by atoms with Gasteiger partial charge >= 0.3 is 17.5 Å². The Hall–Kier alpha value is -2.47. The summed E-state index contributed by atoms with van der Waals surface area (Å²) in [4.78, 5) is 20.9. The molecule has 178 valence electrons. The minimum Gasteiger partial charge on any atom is -0.474 e. The van der Waals surface area contributed by atoms with Crippen molar-refractivity contribution < 1.29 is 31.9 Å². The highest BCUT2D eigenvalue weighted by Crippen LogP contribution is 2.34. The van der Waals surface area contributed by atoms with Gasteiger partial charge in [0, 0.05) is 31.8 Å². The second kappa shape index (κ2) is 10.6. The Bertz CT molecular complexity index is 1020. The fourth-order valence-electron chi connectivity index (χ4n) is 3.66. The van der Waals surface area contributed by atoms with E-state index >= 15 is 0 Å². The zero-order valence-electron chi connectivity index (χ0n) is 17.9. The lowest BCUT2D eigenvalue weighted by Crippen LogP contribution is -2.41. The topological polar surface area (TPSA) is 120 Å². The molecule has 33 heavy (non-hydrogen) atoms. The van der Waals surface area contributed by atoms with Gasteiger partial charge in [0.15, 0.2) is 0 Å². The summed E-state index contributed by atoms with van der Waals surface area (Å²) in [7, 11) is 0. The first kappa shape index (κ1) is 23.7. The molecule has 3 heterocycles. The van der Waals surface area contributed by atoms with Crippen molar-refractivity contribution in [3.8, 4) is 17.5 Å². The van der Waals surface area contributed by atoms with Crippen LogP contribution in [0.2, 0.25) is 5.02 Å². The molecule has 2 aliphatic rings. The second-order valence-corrected chi connectivity index (χ2v) is 9.19. The predicted molar refractivity (Wildman–Crippen MR) is 119 cm³/mol. The van der Waals surface area contributed by atoms with E-state index in [4.69, 9.17) is 34.5 Å². The number of benzene rings is 1. The zero-order chi connectivity index (χ0) is 23.4. The molecule has 0 spiro atoms. The number of ether oxygens (including phenoxy) is 2. The number of aromatic nitrogens is 2. The maximum absolute atomic E-state index is 11.1. The Morgan fingerprint density at radius 3 is 2.61 bits per heavy atom. The van der Waals surface area contributed by atoms with Gasteiger partial charge in [0.1, 0.15) is 18.2 Å². The van der Waals surface area contributed by atoms with Gasteiger partial charge in [-0.25, -0.2) is 14.8 Å². The van der Waals surface area contributed by atoms with E-state index in [1.54, 1.807) is 13.0 Å². The molecule has 4 rings (SSSR count). The Kier molecular flexibility index (Phi) is 7.63. The molecule has 0 unspecified atom stereocenters. The first-order chi connectivity index (χ1) is 15.9. The summed E-state index contributed by atoms with van der Waals surface area (Å²) in [6.45, 7) is 3.37. The zero-order valence-corrected chi connectivity index (χ0v) is 19.5. The summed E-state index contributed by atoms with van der Waals surface area (Å²) in [6, 6.07) is 5.48. The highest BCUT2D eigenvalue weighted by molar-refractivity contribution is 7.75. The van der Waals surface area contributed by atoms with Crippen molar-refractivity contribution in [1.29, 1.82) is 0 Å². The van der Waals surface area contributed by atoms with Gasteiger partial charge in [0.25, 0.3) is 0 Å². The number of rotatable bonds is 6. The van der Waals surface area contributed by atoms with Crippen molar-refractivity contribution in [3.63, 3.8) is 0 Å². The summed E-state index contributed by atoms with van der Waals surface area (Å²) in [5, 5.41) is 9.51. The minimum absolute atomic E-state index is 0.0942. The lowest BCUT2D eigenvalue weighted by atomic mass is 10.0. The number of carbonyl (C=O) groups is 1. The first-order valence-corrected chi connectivity index (χ1v) is 11.9. The van der Waals surface area contributed by atoms with Gasteiger partial charge in [-0.3, -0.25) is 8.37 Å². The fraction of sp³-hybridized carbons (Fsp3) is 0.476. The molecule has 1 aromatic carbocycles. The average molecular weight is 498 g/mol. The fourth-order valence-corrected chi connectivity index (χ4v) is 4.58. The maximum atomic E-state index is 11.1. The number of carboxylic acid groups (broad SMARTS) is 1. The molecule has 0 bridgehead atoms. The normalized spacial score (nSPS) is 21.6. The smallest absolute Gasteiger partial charge is 0.407 e. The van der Waals surface area contributed by atoms with E-state index in [9.17, 15) is 9.00 Å². The number of amides is 1. The Morgan fingerprint density at radius 1 is 1.24 bits per heavy atom. The van der Waals surface area contributed by atoms with Crippen molar-refractivity contribution in [2.75, 3.05) is 26.3 Å². The molecule has 2 aromatic rings. The van der Waals surface area contributed by atoms with Gasteiger partial charge in [-0.2, -0.15) is 4.21 Å². The average Bonchev–Trinajstić information content (AvgIpc) is 2.80. The standard InChI is InChI=1S/C21H24ClN3O7S/c1-13-19(31-16-4-6-25(7-5-16)21(26)27)23-12-24-20(13)32-18-3-2-14(9-17(18)22)8-15-10-29-33(28)30-11-15/h2-3,9,12,15-16H,4-8,10-11H2,1H3,(H,26,27). The number of nitrogens with zero attached hydrogens (tertiary/aromatic N) is 3. The van der Waals surface area contributed by atoms with Crippen molar-refractivity contribution in [2.45, 2.75) is 32.3 Å². The van der Waals surface area contributed by atoms with Crippen molar-refractivity contribution in [3.05, 3.63) is 40.7 Å². The van der Waals surface area contributed by atoms with Gasteiger partial charge in [-0.15, -0.1) is 0 Å². The van der Waals surface area contributed by atoms with Crippen molar-refractivity contribution in [2.24, 2.45) is 5.92 Å². The van der Waals surface area contributed by atoms with Crippen LogP contribution in [0, 0.1) is 12.8 Å². The van der Waals surface area contributed by atoms with Crippen LogP contribution in [-0.4, -0.2) is 62.7 Å². The van der Waals surface area contributed by atoms with Crippen LogP contribution in [-0.2, 0) is 26.1 Å². The number of hydrogen-bond donors (Lipinski definition) is 1. The third-order valence-electron chi connectivity index (χ3n) is 5.51. The molecule has 0 aliphatic carbocycles. The van der Waals surface area contributed by atoms with Crippen LogP contribution in [0.25, 0.3) is 0 Å². The summed E-state index contributed by atoms with van der Waals surface area (Å²) in [5.41, 5.74) is 1.61. The number of likely N-dealkylation sites (tertiary alicyclic amines) is 1. The summed E-state index contributed by atoms with van der Waals surface area (Å²) >= 11 is 4.79. The van der Waals surface area contributed by atoms with E-state index in [0.717, 1.165) is 5.56 Å². The summed E-state index contributed by atoms with van der Waals surface area (Å²) < 4.78 is 33.1. The highest BCUT2D eigenvalue weighted by Gasteiger charge is 2.25. The Balaban J connectivity index is 1.39. The third-order valence-corrected chi connectivity index (χ3v) is 6.46. The van der Waals surface area contributed by atoms with E-state index in [2.05, 4.69) is 9.97 Å². The van der Waals surface area contributed by atoms with Crippen LogP contribution < -0.4 is 9.47 Å². The second-order valence-electron chi connectivity index (χ2n) is 7.91. The number of hydrogen-bond acceptors (Lipinski definition) is 8. The summed E-state index contributed by atoms with van der Waals surface area (Å²) in [5.74, 6) is 1.27. The van der Waals surface area contributed by atoms with Crippen LogP contribution >= 0.6 is 11.6 Å². The van der Waals surface area contributed by atoms with E-state index in [1.165, 1.54) is 11.2 Å². The molecule has 0 saturated carbocycles. The molecule has 12 heteroatoms. The monoisotopic (exact) mass is 497 g/mol. The lowest BCUT2D eigenvalue weighted by Gasteiger charge is -2.30. The van der Waals surface area contributed by atoms with Crippen molar-refractivity contribution in [1.82, 2.24) is 14.9 Å². The van der Waals surface area contributed by atoms with E-state index < -0.39 is 17.5 Å². The molecular formula is C21H24ClN3O7S. The molecule has 0 radical (unpaired) electrons. The van der Waals surface area contributed by atoms with Gasteiger partial charge < -0.3 is 19.5 Å². The number of piperidine rings is 1. The highest BCUT2D eigenvalue weighted by atomic mass is 35.5. The minimum atomic E-state index is -1.65. The van der Waals surface area contributed by atoms with Gasteiger partial charge in [-0.1, -0.05) is 17.7 Å². The SMILES string of the molecule is Cc1c(Oc2ccc(CC3COS(=O)OC3)cc2Cl)ncnc1OC1CCN(C(=O)O)CC1. The molecule has 1 amide bonds. The van der Waals surface area contributed by atoms with Crippen molar-refractivity contribution >= 4 is 29.1 Å². The van der Waals surface area contributed by atoms with Crippen LogP contribution in [0.5, 0.6) is 17.5 Å². The van der Waals surface area contributed by atoms with Gasteiger partial charge in [-0.05, 0) is 31.0 Å². The molecule has 2 fully saturated rings. The molecular weight excluding hydrogens is 474 g/mol.